The lowest BCUT2D eigenvalue weighted by molar-refractivity contribution is -0.113. The lowest BCUT2D eigenvalue weighted by Gasteiger charge is -1.97. The summed E-state index contributed by atoms with van der Waals surface area (Å²) in [6, 6.07) is 1.74. The number of H-pyrrole nitrogens is 1. The molecule has 0 aliphatic rings. The van der Waals surface area contributed by atoms with Crippen LogP contribution in [0.4, 0.5) is 8.78 Å². The van der Waals surface area contributed by atoms with Gasteiger partial charge < -0.3 is 4.98 Å². The Morgan fingerprint density at radius 1 is 1.25 bits per heavy atom. The van der Waals surface area contributed by atoms with Gasteiger partial charge in [-0.15, -0.1) is 0 Å². The number of hydrogen-bond acceptors (Lipinski definition) is 2. The number of ketones is 2. The minimum atomic E-state index is -0.860. The number of carbonyl (C=O) groups excluding carboxylic acids is 2. The van der Waals surface area contributed by atoms with Gasteiger partial charge >= 0.3 is 0 Å². The summed E-state index contributed by atoms with van der Waals surface area (Å²) in [6.45, 7) is 1.10. The van der Waals surface area contributed by atoms with Crippen LogP contribution in [0.3, 0.4) is 0 Å². The Hall–Kier alpha value is -2.04. The predicted molar refractivity (Wildman–Crippen MR) is 53.2 cm³/mol. The van der Waals surface area contributed by atoms with Gasteiger partial charge in [0.05, 0.1) is 11.1 Å². The molecule has 0 fully saturated rings. The van der Waals surface area contributed by atoms with Gasteiger partial charge in [-0.2, -0.15) is 0 Å². The van der Waals surface area contributed by atoms with Crippen LogP contribution in [0.25, 0.3) is 10.9 Å². The number of Topliss-reactive ketones (excluding diaryl/α,β-unsaturated/α-hetero) is 2. The zero-order valence-corrected chi connectivity index (χ0v) is 8.30. The Balaban J connectivity index is 2.74. The molecule has 0 unspecified atom stereocenters. The highest BCUT2D eigenvalue weighted by molar-refractivity contribution is 6.45. The Kier molecular flexibility index (Phi) is 2.30. The first-order valence-electron chi connectivity index (χ1n) is 4.52. The van der Waals surface area contributed by atoms with E-state index in [9.17, 15) is 18.4 Å². The minimum Gasteiger partial charge on any atom is -0.360 e. The number of benzene rings is 1. The number of aromatic amines is 1. The van der Waals surface area contributed by atoms with E-state index in [1.165, 1.54) is 6.20 Å². The fourth-order valence-electron chi connectivity index (χ4n) is 1.55. The van der Waals surface area contributed by atoms with Crippen LogP contribution in [0.5, 0.6) is 0 Å². The molecule has 16 heavy (non-hydrogen) atoms. The van der Waals surface area contributed by atoms with E-state index >= 15 is 0 Å². The Morgan fingerprint density at radius 3 is 2.56 bits per heavy atom. The number of fused-ring (bicyclic) bond motifs is 1. The average molecular weight is 223 g/mol. The van der Waals surface area contributed by atoms with Gasteiger partial charge in [0.1, 0.15) is 11.6 Å². The fraction of sp³-hybridized carbons (Fsp3) is 0.0909. The van der Waals surface area contributed by atoms with Crippen molar-refractivity contribution in [3.05, 3.63) is 35.5 Å². The lowest BCUT2D eigenvalue weighted by Crippen LogP contribution is -2.09. The molecule has 0 spiro atoms. The monoisotopic (exact) mass is 223 g/mol. The molecule has 5 heteroatoms. The first-order valence-corrected chi connectivity index (χ1v) is 4.52. The van der Waals surface area contributed by atoms with Crippen molar-refractivity contribution < 1.29 is 18.4 Å². The molecule has 1 aromatic heterocycles. The molecule has 1 heterocycles. The van der Waals surface area contributed by atoms with Gasteiger partial charge in [0.2, 0.25) is 5.78 Å². The van der Waals surface area contributed by atoms with Crippen LogP contribution < -0.4 is 0 Å². The van der Waals surface area contributed by atoms with Gasteiger partial charge in [0.25, 0.3) is 0 Å². The van der Waals surface area contributed by atoms with Crippen molar-refractivity contribution in [1.29, 1.82) is 0 Å². The van der Waals surface area contributed by atoms with Crippen molar-refractivity contribution in [3.63, 3.8) is 0 Å². The van der Waals surface area contributed by atoms with Crippen molar-refractivity contribution in [2.45, 2.75) is 6.92 Å². The first-order chi connectivity index (χ1) is 7.50. The minimum absolute atomic E-state index is 0.0541. The molecule has 0 saturated carbocycles. The maximum atomic E-state index is 13.4. The van der Waals surface area contributed by atoms with E-state index in [2.05, 4.69) is 4.98 Å². The molecule has 0 saturated heterocycles. The molecule has 0 bridgehead atoms. The van der Waals surface area contributed by atoms with Crippen LogP contribution in [0.15, 0.2) is 18.3 Å². The maximum absolute atomic E-state index is 13.4. The second kappa shape index (κ2) is 3.52. The summed E-state index contributed by atoms with van der Waals surface area (Å²) in [7, 11) is 0. The van der Waals surface area contributed by atoms with Crippen molar-refractivity contribution in [2.24, 2.45) is 0 Å². The number of halogens is 2. The van der Waals surface area contributed by atoms with Gasteiger partial charge in [0.15, 0.2) is 5.78 Å². The molecular formula is C11H7F2NO2. The van der Waals surface area contributed by atoms with E-state index in [0.29, 0.717) is 6.07 Å². The third-order valence-electron chi connectivity index (χ3n) is 2.26. The highest BCUT2D eigenvalue weighted by atomic mass is 19.1. The summed E-state index contributed by atoms with van der Waals surface area (Å²) < 4.78 is 26.3. The van der Waals surface area contributed by atoms with Crippen LogP contribution in [-0.2, 0) is 4.79 Å². The van der Waals surface area contributed by atoms with Crippen molar-refractivity contribution in [2.75, 3.05) is 0 Å². The molecule has 0 aliphatic heterocycles. The van der Waals surface area contributed by atoms with E-state index in [1.807, 2.05) is 0 Å². The number of hydrogen-bond donors (Lipinski definition) is 1. The molecule has 0 aliphatic carbocycles. The summed E-state index contributed by atoms with van der Waals surface area (Å²) in [5.41, 5.74) is 0.0853. The van der Waals surface area contributed by atoms with Gasteiger partial charge in [-0.25, -0.2) is 8.78 Å². The number of nitrogens with one attached hydrogen (secondary N) is 1. The SMILES string of the molecule is CC(=O)C(=O)c1c[nH]c2cc(F)cc(F)c12. The van der Waals surface area contributed by atoms with Crippen molar-refractivity contribution >= 4 is 22.5 Å². The van der Waals surface area contributed by atoms with Gasteiger partial charge in [-0.1, -0.05) is 0 Å². The van der Waals surface area contributed by atoms with Gasteiger partial charge in [0, 0.05) is 24.6 Å². The van der Waals surface area contributed by atoms with Crippen LogP contribution in [-0.4, -0.2) is 16.6 Å². The summed E-state index contributed by atoms with van der Waals surface area (Å²) in [5.74, 6) is -3.09. The highest BCUT2D eigenvalue weighted by Gasteiger charge is 2.19. The summed E-state index contributed by atoms with van der Waals surface area (Å²) >= 11 is 0. The Bertz CT molecular complexity index is 601. The fourth-order valence-corrected chi connectivity index (χ4v) is 1.55. The van der Waals surface area contributed by atoms with E-state index in [1.54, 1.807) is 0 Å². The summed E-state index contributed by atoms with van der Waals surface area (Å²) in [5, 5.41) is -0.0541. The second-order valence-electron chi connectivity index (χ2n) is 3.40. The molecule has 2 rings (SSSR count). The number of rotatable bonds is 2. The molecule has 3 nitrogen and oxygen atoms in total. The third-order valence-corrected chi connectivity index (χ3v) is 2.26. The van der Waals surface area contributed by atoms with E-state index in [4.69, 9.17) is 0 Å². The zero-order chi connectivity index (χ0) is 11.9. The zero-order valence-electron chi connectivity index (χ0n) is 8.30. The Morgan fingerprint density at radius 2 is 1.94 bits per heavy atom. The predicted octanol–water partition coefficient (Wildman–Crippen LogP) is 2.22. The average Bonchev–Trinajstić information content (AvgIpc) is 2.59. The standard InChI is InChI=1S/C11H7F2NO2/c1-5(15)11(16)7-4-14-9-3-6(12)2-8(13)10(7)9/h2-4,14H,1H3. The normalized spacial score (nSPS) is 10.7. The summed E-state index contributed by atoms with van der Waals surface area (Å²) in [4.78, 5) is 24.9. The third kappa shape index (κ3) is 1.50. The first kappa shape index (κ1) is 10.5. The maximum Gasteiger partial charge on any atom is 0.230 e. The second-order valence-corrected chi connectivity index (χ2v) is 3.40. The van der Waals surface area contributed by atoms with Crippen LogP contribution in [0.1, 0.15) is 17.3 Å². The smallest absolute Gasteiger partial charge is 0.230 e. The number of carbonyl (C=O) groups is 2. The molecule has 82 valence electrons. The van der Waals surface area contributed by atoms with E-state index in [0.717, 1.165) is 13.0 Å². The molecule has 2 aromatic rings. The topological polar surface area (TPSA) is 49.9 Å². The lowest BCUT2D eigenvalue weighted by atomic mass is 10.1. The van der Waals surface area contributed by atoms with Crippen LogP contribution in [0.2, 0.25) is 0 Å². The molecule has 0 atom stereocenters. The summed E-state index contributed by atoms with van der Waals surface area (Å²) in [6.07, 6.45) is 1.21. The van der Waals surface area contributed by atoms with Crippen LogP contribution >= 0.6 is 0 Å². The molecule has 1 N–H and O–H groups in total. The molecule has 0 amide bonds. The van der Waals surface area contributed by atoms with E-state index < -0.39 is 23.2 Å². The largest absolute Gasteiger partial charge is 0.360 e. The molecule has 0 radical (unpaired) electrons. The van der Waals surface area contributed by atoms with Crippen molar-refractivity contribution in [1.82, 2.24) is 4.98 Å². The molecule has 1 aromatic carbocycles. The number of aromatic nitrogens is 1. The Labute approximate surface area is 89.1 Å². The van der Waals surface area contributed by atoms with Crippen molar-refractivity contribution in [3.8, 4) is 0 Å². The van der Waals surface area contributed by atoms with Gasteiger partial charge in [-0.3, -0.25) is 9.59 Å². The van der Waals surface area contributed by atoms with Crippen LogP contribution in [0, 0.1) is 11.6 Å². The van der Waals surface area contributed by atoms with Gasteiger partial charge in [-0.05, 0) is 6.07 Å². The van der Waals surface area contributed by atoms with E-state index in [-0.39, 0.29) is 16.5 Å². The molecular weight excluding hydrogens is 216 g/mol. The highest BCUT2D eigenvalue weighted by Crippen LogP contribution is 2.23. The quantitative estimate of drug-likeness (QED) is 0.626.